The summed E-state index contributed by atoms with van der Waals surface area (Å²) >= 11 is 0. The number of hydrogen-bond acceptors (Lipinski definition) is 1. The van der Waals surface area contributed by atoms with Crippen molar-refractivity contribution in [3.63, 3.8) is 0 Å². The maximum Gasteiger partial charge on any atom is 0.140 e. The van der Waals surface area contributed by atoms with Crippen LogP contribution in [-0.4, -0.2) is 0 Å². The van der Waals surface area contributed by atoms with Gasteiger partial charge in [0.05, 0.1) is 10.8 Å². The largest absolute Gasteiger partial charge is 0.456 e. The fraction of sp³-hybridized carbons (Fsp3) is 0.0400. The summed E-state index contributed by atoms with van der Waals surface area (Å²) in [7, 11) is 0. The monoisotopic (exact) mass is 650 g/mol. The summed E-state index contributed by atoms with van der Waals surface area (Å²) in [6, 6.07) is 75.0. The molecule has 1 heterocycles. The lowest BCUT2D eigenvalue weighted by molar-refractivity contribution is 0.436. The van der Waals surface area contributed by atoms with Crippen molar-refractivity contribution in [2.75, 3.05) is 0 Å². The summed E-state index contributed by atoms with van der Waals surface area (Å²) in [5, 5.41) is 0. The van der Waals surface area contributed by atoms with Crippen LogP contribution in [0.15, 0.2) is 206 Å². The minimum Gasteiger partial charge on any atom is -0.456 e. The molecule has 51 heavy (non-hydrogen) atoms. The molecular weight excluding hydrogens is 617 g/mol. The average Bonchev–Trinajstić information content (AvgIpc) is 3.52. The number of ether oxygens (including phenoxy) is 1. The van der Waals surface area contributed by atoms with Gasteiger partial charge in [-0.05, 0) is 62.2 Å². The fourth-order valence-corrected chi connectivity index (χ4v) is 9.09. The van der Waals surface area contributed by atoms with Crippen LogP contribution in [0.1, 0.15) is 44.5 Å². The van der Waals surface area contributed by atoms with Gasteiger partial charge in [0.25, 0.3) is 0 Å². The van der Waals surface area contributed by atoms with Crippen LogP contribution in [0.4, 0.5) is 0 Å². The maximum atomic E-state index is 7.05. The Morgan fingerprint density at radius 3 is 1.29 bits per heavy atom. The molecule has 8 aromatic rings. The SMILES string of the molecule is c1ccc(C2(c3cccc(-c4cccc5c4Oc4ccccc4C5(c4ccccc4)c4ccccc4)c3)c3ccccc3-c3ccccc32)cc1. The Balaban J connectivity index is 1.25. The number of fused-ring (bicyclic) bond motifs is 5. The first-order valence-corrected chi connectivity index (χ1v) is 17.7. The summed E-state index contributed by atoms with van der Waals surface area (Å²) in [6.45, 7) is 0. The van der Waals surface area contributed by atoms with E-state index in [4.69, 9.17) is 4.74 Å². The molecule has 0 N–H and O–H groups in total. The van der Waals surface area contributed by atoms with E-state index in [1.54, 1.807) is 0 Å². The third-order valence-electron chi connectivity index (χ3n) is 11.1. The van der Waals surface area contributed by atoms with Crippen LogP contribution in [0.5, 0.6) is 11.5 Å². The first kappa shape index (κ1) is 29.5. The van der Waals surface area contributed by atoms with Gasteiger partial charge in [-0.1, -0.05) is 194 Å². The lowest BCUT2D eigenvalue weighted by Crippen LogP contribution is -2.34. The Morgan fingerprint density at radius 2 is 0.706 bits per heavy atom. The molecule has 0 amide bonds. The molecule has 10 rings (SSSR count). The van der Waals surface area contributed by atoms with Crippen LogP contribution in [-0.2, 0) is 10.8 Å². The van der Waals surface area contributed by atoms with E-state index in [1.807, 2.05) is 0 Å². The molecule has 2 aliphatic rings. The summed E-state index contributed by atoms with van der Waals surface area (Å²) in [5.74, 6) is 1.77. The quantitative estimate of drug-likeness (QED) is 0.180. The summed E-state index contributed by atoms with van der Waals surface area (Å²) < 4.78 is 7.05. The normalized spacial score (nSPS) is 14.4. The van der Waals surface area contributed by atoms with Gasteiger partial charge in [-0.25, -0.2) is 0 Å². The Hall–Kier alpha value is -6.44. The smallest absolute Gasteiger partial charge is 0.140 e. The van der Waals surface area contributed by atoms with Crippen molar-refractivity contribution < 1.29 is 4.74 Å². The molecule has 0 unspecified atom stereocenters. The molecule has 0 bridgehead atoms. The van der Waals surface area contributed by atoms with Crippen molar-refractivity contribution in [3.8, 4) is 33.8 Å². The lowest BCUT2D eigenvalue weighted by Gasteiger charge is -2.42. The van der Waals surface area contributed by atoms with Crippen molar-refractivity contribution >= 4 is 0 Å². The van der Waals surface area contributed by atoms with Crippen molar-refractivity contribution in [2.24, 2.45) is 0 Å². The van der Waals surface area contributed by atoms with E-state index in [0.717, 1.165) is 33.8 Å². The second kappa shape index (κ2) is 11.6. The van der Waals surface area contributed by atoms with Gasteiger partial charge in [-0.2, -0.15) is 0 Å². The highest BCUT2D eigenvalue weighted by molar-refractivity contribution is 5.87. The molecule has 240 valence electrons. The molecule has 0 atom stereocenters. The molecule has 0 aromatic heterocycles. The van der Waals surface area contributed by atoms with Gasteiger partial charge >= 0.3 is 0 Å². The minimum atomic E-state index is -0.574. The maximum absolute atomic E-state index is 7.05. The summed E-state index contributed by atoms with van der Waals surface area (Å²) in [6.07, 6.45) is 0. The van der Waals surface area contributed by atoms with Crippen LogP contribution in [0.2, 0.25) is 0 Å². The zero-order valence-electron chi connectivity index (χ0n) is 28.0. The predicted octanol–water partition coefficient (Wildman–Crippen LogP) is 12.2. The second-order valence-corrected chi connectivity index (χ2v) is 13.6. The predicted molar refractivity (Wildman–Crippen MR) is 208 cm³/mol. The molecule has 1 aliphatic heterocycles. The van der Waals surface area contributed by atoms with Gasteiger partial charge in [-0.3, -0.25) is 0 Å². The molecule has 8 aromatic carbocycles. The summed E-state index contributed by atoms with van der Waals surface area (Å²) in [4.78, 5) is 0. The average molecular weight is 651 g/mol. The van der Waals surface area contributed by atoms with E-state index in [9.17, 15) is 0 Å². The number of para-hydroxylation sites is 2. The van der Waals surface area contributed by atoms with Gasteiger partial charge in [0, 0.05) is 16.7 Å². The molecule has 0 radical (unpaired) electrons. The third kappa shape index (κ3) is 4.16. The van der Waals surface area contributed by atoms with Crippen molar-refractivity contribution in [2.45, 2.75) is 10.8 Å². The molecule has 0 fully saturated rings. The highest BCUT2D eigenvalue weighted by atomic mass is 16.5. The Kier molecular flexibility index (Phi) is 6.69. The van der Waals surface area contributed by atoms with Crippen LogP contribution < -0.4 is 4.74 Å². The van der Waals surface area contributed by atoms with Crippen molar-refractivity contribution in [3.05, 3.63) is 251 Å². The van der Waals surface area contributed by atoms with Gasteiger partial charge in [0.1, 0.15) is 11.5 Å². The van der Waals surface area contributed by atoms with E-state index in [0.29, 0.717) is 0 Å². The lowest BCUT2D eigenvalue weighted by atomic mass is 9.63. The van der Waals surface area contributed by atoms with E-state index in [-0.39, 0.29) is 0 Å². The van der Waals surface area contributed by atoms with Crippen LogP contribution in [0, 0.1) is 0 Å². The van der Waals surface area contributed by atoms with Crippen LogP contribution in [0.3, 0.4) is 0 Å². The van der Waals surface area contributed by atoms with E-state index in [2.05, 4.69) is 206 Å². The van der Waals surface area contributed by atoms with Crippen LogP contribution >= 0.6 is 0 Å². The van der Waals surface area contributed by atoms with Gasteiger partial charge < -0.3 is 4.74 Å². The number of rotatable bonds is 5. The highest BCUT2D eigenvalue weighted by Gasteiger charge is 2.47. The van der Waals surface area contributed by atoms with Crippen molar-refractivity contribution in [1.82, 2.24) is 0 Å². The first-order valence-electron chi connectivity index (χ1n) is 17.7. The molecule has 1 heteroatoms. The van der Waals surface area contributed by atoms with Gasteiger partial charge in [0.15, 0.2) is 0 Å². The number of hydrogen-bond donors (Lipinski definition) is 0. The zero-order valence-corrected chi connectivity index (χ0v) is 28.0. The first-order chi connectivity index (χ1) is 25.3. The topological polar surface area (TPSA) is 9.23 Å². The Bertz CT molecular complexity index is 2460. The Labute approximate surface area is 299 Å². The molecule has 0 saturated carbocycles. The van der Waals surface area contributed by atoms with E-state index >= 15 is 0 Å². The zero-order chi connectivity index (χ0) is 33.8. The standard InChI is InChI=1S/C50H34O/c1-4-19-36(20-5-1)49(37-21-6-2-7-22-37)45-31-14-15-33-47(45)51-48-40(28-17-32-46(48)49)35-18-16-25-39(34-35)50(38-23-8-3-9-24-38)43-29-12-10-26-41(43)42-27-11-13-30-44(42)50/h1-34H. The molecule has 0 saturated heterocycles. The minimum absolute atomic E-state index is 0.482. The van der Waals surface area contributed by atoms with Crippen LogP contribution in [0.25, 0.3) is 22.3 Å². The highest BCUT2D eigenvalue weighted by Crippen LogP contribution is 2.59. The van der Waals surface area contributed by atoms with E-state index < -0.39 is 10.8 Å². The van der Waals surface area contributed by atoms with Crippen molar-refractivity contribution in [1.29, 1.82) is 0 Å². The molecule has 0 spiro atoms. The fourth-order valence-electron chi connectivity index (χ4n) is 9.09. The van der Waals surface area contributed by atoms with Gasteiger partial charge in [0.2, 0.25) is 0 Å². The van der Waals surface area contributed by atoms with Gasteiger partial charge in [-0.15, -0.1) is 0 Å². The summed E-state index contributed by atoms with van der Waals surface area (Å²) in [5.41, 5.74) is 13.5. The third-order valence-corrected chi connectivity index (χ3v) is 11.1. The number of benzene rings is 8. The molecule has 1 nitrogen and oxygen atoms in total. The second-order valence-electron chi connectivity index (χ2n) is 13.6. The molecular formula is C50H34O. The molecule has 1 aliphatic carbocycles. The Morgan fingerprint density at radius 1 is 0.294 bits per heavy atom. The van der Waals surface area contributed by atoms with E-state index in [1.165, 1.54) is 44.5 Å².